The third-order valence-corrected chi connectivity index (χ3v) is 5.82. The highest BCUT2D eigenvalue weighted by atomic mass is 16.1. The van der Waals surface area contributed by atoms with E-state index in [4.69, 9.17) is 0 Å². The van der Waals surface area contributed by atoms with Crippen LogP contribution in [0.5, 0.6) is 0 Å². The van der Waals surface area contributed by atoms with Gasteiger partial charge in [-0.3, -0.25) is 4.79 Å². The Morgan fingerprint density at radius 3 is 2.55 bits per heavy atom. The van der Waals surface area contributed by atoms with Crippen LogP contribution in [0.25, 0.3) is 17.0 Å². The molecule has 0 radical (unpaired) electrons. The summed E-state index contributed by atoms with van der Waals surface area (Å²) in [5.41, 5.74) is 6.01. The summed E-state index contributed by atoms with van der Waals surface area (Å²) in [6.07, 6.45) is 3.54. The Hall–Kier alpha value is -4.61. The van der Waals surface area contributed by atoms with E-state index in [-0.39, 0.29) is 5.57 Å². The van der Waals surface area contributed by atoms with Gasteiger partial charge in [-0.1, -0.05) is 48.5 Å². The predicted molar refractivity (Wildman–Crippen MR) is 130 cm³/mol. The topological polar surface area (TPSA) is 81.6 Å². The number of nitrogens with one attached hydrogen (secondary N) is 1. The molecule has 33 heavy (non-hydrogen) atoms. The Morgan fingerprint density at radius 1 is 1.00 bits per heavy atom. The molecule has 0 unspecified atom stereocenters. The Balaban J connectivity index is 1.71. The fourth-order valence-corrected chi connectivity index (χ4v) is 3.85. The molecule has 1 aromatic heterocycles. The zero-order chi connectivity index (χ0) is 23.4. The van der Waals surface area contributed by atoms with Gasteiger partial charge in [-0.15, -0.1) is 0 Å². The second-order valence-corrected chi connectivity index (χ2v) is 7.87. The maximum Gasteiger partial charge on any atom is 0.266 e. The average Bonchev–Trinajstić information content (AvgIpc) is 3.18. The minimum absolute atomic E-state index is 0.0243. The fraction of sp³-hybridized carbons (Fsp3) is 0.107. The van der Waals surface area contributed by atoms with Gasteiger partial charge in [-0.2, -0.15) is 10.5 Å². The molecule has 0 saturated heterocycles. The first-order valence-electron chi connectivity index (χ1n) is 10.6. The van der Waals surface area contributed by atoms with Gasteiger partial charge in [0.05, 0.1) is 11.6 Å². The van der Waals surface area contributed by atoms with Crippen molar-refractivity contribution in [1.29, 1.82) is 10.5 Å². The number of carbonyl (C=O) groups excluding carboxylic acids is 1. The molecule has 0 atom stereocenters. The van der Waals surface area contributed by atoms with Crippen molar-refractivity contribution in [2.24, 2.45) is 0 Å². The number of aryl methyl sites for hydroxylation is 1. The number of nitrogens with zero attached hydrogens (tertiary/aromatic N) is 3. The molecule has 0 spiro atoms. The molecule has 160 valence electrons. The van der Waals surface area contributed by atoms with Crippen LogP contribution < -0.4 is 5.32 Å². The molecule has 0 saturated carbocycles. The van der Waals surface area contributed by atoms with E-state index >= 15 is 0 Å². The minimum atomic E-state index is -0.446. The van der Waals surface area contributed by atoms with Crippen molar-refractivity contribution in [2.45, 2.75) is 20.4 Å². The van der Waals surface area contributed by atoms with Gasteiger partial charge in [-0.05, 0) is 54.8 Å². The van der Waals surface area contributed by atoms with Gasteiger partial charge in [0.1, 0.15) is 11.6 Å². The lowest BCUT2D eigenvalue weighted by Gasteiger charge is -2.09. The van der Waals surface area contributed by atoms with Gasteiger partial charge >= 0.3 is 0 Å². The van der Waals surface area contributed by atoms with Crippen molar-refractivity contribution >= 4 is 28.6 Å². The molecular weight excluding hydrogens is 408 g/mol. The second kappa shape index (κ2) is 9.26. The quantitative estimate of drug-likeness (QED) is 0.325. The molecule has 4 rings (SSSR count). The smallest absolute Gasteiger partial charge is 0.266 e. The van der Waals surface area contributed by atoms with Crippen LogP contribution in [0.3, 0.4) is 0 Å². The molecule has 0 aliphatic heterocycles. The largest absolute Gasteiger partial charge is 0.342 e. The number of rotatable bonds is 5. The summed E-state index contributed by atoms with van der Waals surface area (Å²) in [7, 11) is 0. The highest BCUT2D eigenvalue weighted by Gasteiger charge is 2.14. The second-order valence-electron chi connectivity index (χ2n) is 7.87. The van der Waals surface area contributed by atoms with Crippen LogP contribution in [0.4, 0.5) is 5.69 Å². The maximum absolute atomic E-state index is 12.9. The lowest BCUT2D eigenvalue weighted by atomic mass is 10.1. The molecule has 5 nitrogen and oxygen atoms in total. The Morgan fingerprint density at radius 2 is 1.76 bits per heavy atom. The number of nitriles is 2. The zero-order valence-electron chi connectivity index (χ0n) is 18.5. The van der Waals surface area contributed by atoms with E-state index in [2.05, 4.69) is 11.4 Å². The summed E-state index contributed by atoms with van der Waals surface area (Å²) in [6.45, 7) is 4.42. The summed E-state index contributed by atoms with van der Waals surface area (Å²) in [6, 6.07) is 25.3. The van der Waals surface area contributed by atoms with E-state index in [1.54, 1.807) is 12.1 Å². The van der Waals surface area contributed by atoms with Gasteiger partial charge in [0.2, 0.25) is 0 Å². The lowest BCUT2D eigenvalue weighted by molar-refractivity contribution is -0.112. The van der Waals surface area contributed by atoms with E-state index in [1.807, 2.05) is 91.3 Å². The average molecular weight is 431 g/mol. The van der Waals surface area contributed by atoms with Crippen LogP contribution in [0.2, 0.25) is 0 Å². The number of anilines is 1. The molecule has 4 aromatic rings. The summed E-state index contributed by atoms with van der Waals surface area (Å²) in [4.78, 5) is 12.9. The van der Waals surface area contributed by atoms with E-state index in [1.165, 1.54) is 0 Å². The summed E-state index contributed by atoms with van der Waals surface area (Å²) < 4.78 is 2.04. The van der Waals surface area contributed by atoms with Gasteiger partial charge in [0.15, 0.2) is 0 Å². The molecule has 0 bridgehead atoms. The third kappa shape index (κ3) is 4.39. The Kier molecular flexibility index (Phi) is 6.06. The van der Waals surface area contributed by atoms with Gasteiger partial charge in [0.25, 0.3) is 5.91 Å². The van der Waals surface area contributed by atoms with Crippen molar-refractivity contribution < 1.29 is 4.79 Å². The van der Waals surface area contributed by atoms with Gasteiger partial charge < -0.3 is 9.88 Å². The number of carbonyl (C=O) groups is 1. The van der Waals surface area contributed by atoms with Crippen LogP contribution in [0.15, 0.2) is 78.5 Å². The van der Waals surface area contributed by atoms with Crippen LogP contribution in [0, 0.1) is 36.5 Å². The molecular formula is C28H22N4O. The van der Waals surface area contributed by atoms with Crippen LogP contribution in [-0.4, -0.2) is 10.5 Å². The SMILES string of the molecule is Cc1cccc(NC(=O)/C(C#N)=C/c2cn(Cc3ccccc3C#N)c3ccccc23)c1C. The number of aromatic nitrogens is 1. The first-order chi connectivity index (χ1) is 16.0. The zero-order valence-corrected chi connectivity index (χ0v) is 18.5. The number of amides is 1. The van der Waals surface area contributed by atoms with Gasteiger partial charge in [-0.25, -0.2) is 0 Å². The number of fused-ring (bicyclic) bond motifs is 1. The fourth-order valence-electron chi connectivity index (χ4n) is 3.85. The monoisotopic (exact) mass is 430 g/mol. The molecule has 0 fully saturated rings. The molecule has 1 heterocycles. The summed E-state index contributed by atoms with van der Waals surface area (Å²) in [5.74, 6) is -0.446. The highest BCUT2D eigenvalue weighted by molar-refractivity contribution is 6.11. The molecule has 0 aliphatic carbocycles. The highest BCUT2D eigenvalue weighted by Crippen LogP contribution is 2.26. The van der Waals surface area contributed by atoms with Crippen molar-refractivity contribution in [3.05, 3.63) is 106 Å². The Labute approximate surface area is 192 Å². The number of hydrogen-bond donors (Lipinski definition) is 1. The lowest BCUT2D eigenvalue weighted by Crippen LogP contribution is -2.14. The van der Waals surface area contributed by atoms with Crippen LogP contribution >= 0.6 is 0 Å². The number of para-hydroxylation sites is 1. The van der Waals surface area contributed by atoms with E-state index in [0.29, 0.717) is 17.8 Å². The van der Waals surface area contributed by atoms with Crippen LogP contribution in [0.1, 0.15) is 27.8 Å². The maximum atomic E-state index is 12.9. The minimum Gasteiger partial charge on any atom is -0.342 e. The van der Waals surface area contributed by atoms with E-state index in [0.717, 1.165) is 33.2 Å². The van der Waals surface area contributed by atoms with E-state index in [9.17, 15) is 15.3 Å². The molecule has 3 aromatic carbocycles. The normalized spacial score (nSPS) is 11.1. The Bertz CT molecular complexity index is 1480. The van der Waals surface area contributed by atoms with Crippen molar-refractivity contribution in [1.82, 2.24) is 4.57 Å². The van der Waals surface area contributed by atoms with E-state index < -0.39 is 5.91 Å². The summed E-state index contributed by atoms with van der Waals surface area (Å²) >= 11 is 0. The molecule has 1 N–H and O–H groups in total. The third-order valence-electron chi connectivity index (χ3n) is 5.82. The van der Waals surface area contributed by atoms with Crippen LogP contribution in [-0.2, 0) is 11.3 Å². The molecule has 5 heteroatoms. The van der Waals surface area contributed by atoms with Crippen molar-refractivity contribution in [3.8, 4) is 12.1 Å². The first-order valence-corrected chi connectivity index (χ1v) is 10.6. The number of hydrogen-bond acceptors (Lipinski definition) is 3. The number of benzene rings is 3. The standard InChI is InChI=1S/C28H22N4O/c1-19-8-7-12-26(20(19)2)31-28(33)23(16-30)14-24-18-32(27-13-6-5-11-25(24)27)17-22-10-4-3-9-21(22)15-29/h3-14,18H,17H2,1-2H3,(H,31,33)/b23-14+. The van der Waals surface area contributed by atoms with Crippen molar-refractivity contribution in [2.75, 3.05) is 5.32 Å². The molecule has 0 aliphatic rings. The van der Waals surface area contributed by atoms with Crippen molar-refractivity contribution in [3.63, 3.8) is 0 Å². The summed E-state index contributed by atoms with van der Waals surface area (Å²) in [5, 5.41) is 22.9. The van der Waals surface area contributed by atoms with Gasteiger partial charge in [0, 0.05) is 34.9 Å². The molecule has 1 amide bonds. The first kappa shape index (κ1) is 21.6. The predicted octanol–water partition coefficient (Wildman–Crippen LogP) is 5.72.